The van der Waals surface area contributed by atoms with Gasteiger partial charge >= 0.3 is 0 Å². The minimum Gasteiger partial charge on any atom is -0.383 e. The molecular weight excluding hydrogens is 416 g/mol. The summed E-state index contributed by atoms with van der Waals surface area (Å²) in [6.07, 6.45) is 6.93. The summed E-state index contributed by atoms with van der Waals surface area (Å²) in [6, 6.07) is 11.7. The highest BCUT2D eigenvalue weighted by Crippen LogP contribution is 2.27. The van der Waals surface area contributed by atoms with Crippen molar-refractivity contribution in [1.29, 1.82) is 0 Å². The molecule has 0 aliphatic heterocycles. The highest BCUT2D eigenvalue weighted by Gasteiger charge is 2.23. The van der Waals surface area contributed by atoms with Crippen molar-refractivity contribution in [2.24, 2.45) is 5.92 Å². The van der Waals surface area contributed by atoms with Crippen molar-refractivity contribution >= 4 is 28.5 Å². The topological polar surface area (TPSA) is 85.2 Å². The molecule has 4 rings (SSSR count). The summed E-state index contributed by atoms with van der Waals surface area (Å²) in [4.78, 5) is 30.6. The van der Waals surface area contributed by atoms with Crippen LogP contribution in [0, 0.1) is 12.8 Å². The molecule has 1 aromatic heterocycles. The predicted molar refractivity (Wildman–Crippen MR) is 129 cm³/mol. The number of carbonyl (C=O) groups is 2. The molecule has 3 aromatic rings. The van der Waals surface area contributed by atoms with Crippen LogP contribution in [-0.4, -0.2) is 35.1 Å². The third kappa shape index (κ3) is 5.60. The number of anilines is 1. The highest BCUT2D eigenvalue weighted by molar-refractivity contribution is 6.07. The van der Waals surface area contributed by atoms with Gasteiger partial charge in [0.25, 0.3) is 5.91 Å². The first-order chi connectivity index (χ1) is 16.0. The number of fused-ring (bicyclic) bond motifs is 1. The fraction of sp³-hybridized carbons (Fsp3) is 0.423. The van der Waals surface area contributed by atoms with Crippen LogP contribution in [0.25, 0.3) is 11.0 Å². The van der Waals surface area contributed by atoms with Crippen LogP contribution < -0.4 is 10.6 Å². The van der Waals surface area contributed by atoms with E-state index in [9.17, 15) is 9.59 Å². The predicted octanol–water partition coefficient (Wildman–Crippen LogP) is 4.44. The van der Waals surface area contributed by atoms with Crippen LogP contribution in [0.5, 0.6) is 0 Å². The molecule has 33 heavy (non-hydrogen) atoms. The van der Waals surface area contributed by atoms with Gasteiger partial charge in [-0.15, -0.1) is 0 Å². The number of nitrogens with zero attached hydrogens (tertiary/aromatic N) is 2. The maximum absolute atomic E-state index is 13.3. The summed E-state index contributed by atoms with van der Waals surface area (Å²) in [5.74, 6) is -0.139. The van der Waals surface area contributed by atoms with Gasteiger partial charge in [0.15, 0.2) is 0 Å². The Balaban J connectivity index is 1.60. The van der Waals surface area contributed by atoms with Gasteiger partial charge in [-0.2, -0.15) is 0 Å². The maximum Gasteiger partial charge on any atom is 0.253 e. The van der Waals surface area contributed by atoms with Crippen LogP contribution in [-0.2, 0) is 22.6 Å². The fourth-order valence-electron chi connectivity index (χ4n) is 4.41. The number of aryl methyl sites for hydroxylation is 1. The van der Waals surface area contributed by atoms with Crippen LogP contribution in [0.1, 0.15) is 53.6 Å². The Morgan fingerprint density at radius 3 is 2.61 bits per heavy atom. The normalized spacial score (nSPS) is 14.4. The Hall–Kier alpha value is -3.19. The Morgan fingerprint density at radius 1 is 1.12 bits per heavy atom. The van der Waals surface area contributed by atoms with Crippen LogP contribution in [0.2, 0.25) is 0 Å². The maximum atomic E-state index is 13.3. The molecule has 2 aromatic carbocycles. The summed E-state index contributed by atoms with van der Waals surface area (Å²) < 4.78 is 7.14. The average Bonchev–Trinajstić information content (AvgIpc) is 3.25. The van der Waals surface area contributed by atoms with E-state index in [1.165, 1.54) is 12.0 Å². The van der Waals surface area contributed by atoms with Crippen molar-refractivity contribution in [3.63, 3.8) is 0 Å². The lowest BCUT2D eigenvalue weighted by molar-refractivity contribution is -0.120. The van der Waals surface area contributed by atoms with Crippen molar-refractivity contribution in [2.75, 3.05) is 19.0 Å². The van der Waals surface area contributed by atoms with E-state index in [-0.39, 0.29) is 17.7 Å². The molecule has 0 radical (unpaired) electrons. The second-order valence-electron chi connectivity index (χ2n) is 8.81. The molecule has 0 unspecified atom stereocenters. The molecule has 2 amide bonds. The second-order valence-corrected chi connectivity index (χ2v) is 8.81. The zero-order valence-electron chi connectivity index (χ0n) is 19.4. The zero-order chi connectivity index (χ0) is 23.2. The van der Waals surface area contributed by atoms with E-state index in [2.05, 4.69) is 15.6 Å². The summed E-state index contributed by atoms with van der Waals surface area (Å²) in [6.45, 7) is 3.55. The number of ether oxygens (including phenoxy) is 1. The van der Waals surface area contributed by atoms with Crippen molar-refractivity contribution < 1.29 is 14.3 Å². The molecule has 2 N–H and O–H groups in total. The Labute approximate surface area is 194 Å². The van der Waals surface area contributed by atoms with Crippen molar-refractivity contribution in [1.82, 2.24) is 14.9 Å². The molecule has 1 aliphatic carbocycles. The molecule has 1 saturated carbocycles. The Bertz CT molecular complexity index is 1110. The lowest BCUT2D eigenvalue weighted by Crippen LogP contribution is -2.26. The van der Waals surface area contributed by atoms with Crippen LogP contribution in [0.15, 0.2) is 42.7 Å². The number of aromatic nitrogens is 2. The number of rotatable bonds is 8. The number of amides is 2. The molecule has 1 aliphatic rings. The first kappa shape index (κ1) is 23.0. The quantitative estimate of drug-likeness (QED) is 0.534. The average molecular weight is 449 g/mol. The van der Waals surface area contributed by atoms with E-state index >= 15 is 0 Å². The molecule has 174 valence electrons. The van der Waals surface area contributed by atoms with E-state index in [0.717, 1.165) is 36.8 Å². The van der Waals surface area contributed by atoms with Gasteiger partial charge in [0.1, 0.15) is 0 Å². The lowest BCUT2D eigenvalue weighted by atomic mass is 9.88. The Kier molecular flexibility index (Phi) is 7.40. The summed E-state index contributed by atoms with van der Waals surface area (Å²) >= 11 is 0. The SMILES string of the molecule is COCCn1cnc2cc(NC(=O)C3CCCCC3)cc(C(=O)NCc3ccc(C)cc3)c21. The van der Waals surface area contributed by atoms with Crippen molar-refractivity contribution in [3.8, 4) is 0 Å². The van der Waals surface area contributed by atoms with E-state index < -0.39 is 0 Å². The van der Waals surface area contributed by atoms with Crippen molar-refractivity contribution in [3.05, 3.63) is 59.4 Å². The van der Waals surface area contributed by atoms with E-state index in [0.29, 0.717) is 36.5 Å². The van der Waals surface area contributed by atoms with E-state index in [1.807, 2.05) is 41.8 Å². The van der Waals surface area contributed by atoms with Gasteiger partial charge in [0.05, 0.1) is 29.5 Å². The molecule has 0 spiro atoms. The van der Waals surface area contributed by atoms with Crippen LogP contribution in [0.3, 0.4) is 0 Å². The van der Waals surface area contributed by atoms with Gasteiger partial charge in [0, 0.05) is 31.8 Å². The van der Waals surface area contributed by atoms with Gasteiger partial charge in [-0.3, -0.25) is 9.59 Å². The Morgan fingerprint density at radius 2 is 1.88 bits per heavy atom. The largest absolute Gasteiger partial charge is 0.383 e. The molecule has 7 heteroatoms. The zero-order valence-corrected chi connectivity index (χ0v) is 19.4. The number of imidazole rings is 1. The second kappa shape index (κ2) is 10.6. The van der Waals surface area contributed by atoms with Crippen molar-refractivity contribution in [2.45, 2.75) is 52.1 Å². The van der Waals surface area contributed by atoms with Gasteiger partial charge in [-0.05, 0) is 37.5 Å². The number of hydrogen-bond donors (Lipinski definition) is 2. The number of nitrogens with one attached hydrogen (secondary N) is 2. The third-order valence-corrected chi connectivity index (χ3v) is 6.31. The van der Waals surface area contributed by atoms with Gasteiger partial charge in [-0.25, -0.2) is 4.98 Å². The van der Waals surface area contributed by atoms with Crippen LogP contribution in [0.4, 0.5) is 5.69 Å². The molecule has 1 heterocycles. The smallest absolute Gasteiger partial charge is 0.253 e. The first-order valence-electron chi connectivity index (χ1n) is 11.7. The minimum atomic E-state index is -0.200. The van der Waals surface area contributed by atoms with E-state index in [1.54, 1.807) is 19.5 Å². The lowest BCUT2D eigenvalue weighted by Gasteiger charge is -2.21. The monoisotopic (exact) mass is 448 g/mol. The molecule has 0 atom stereocenters. The number of hydrogen-bond acceptors (Lipinski definition) is 4. The van der Waals surface area contributed by atoms with Gasteiger partial charge in [-0.1, -0.05) is 49.1 Å². The van der Waals surface area contributed by atoms with Crippen LogP contribution >= 0.6 is 0 Å². The summed E-state index contributed by atoms with van der Waals surface area (Å²) in [7, 11) is 1.65. The molecule has 7 nitrogen and oxygen atoms in total. The number of benzene rings is 2. The molecular formula is C26H32N4O3. The molecule has 1 fully saturated rings. The number of carbonyl (C=O) groups excluding carboxylic acids is 2. The van der Waals surface area contributed by atoms with E-state index in [4.69, 9.17) is 4.74 Å². The minimum absolute atomic E-state index is 0.0267. The summed E-state index contributed by atoms with van der Waals surface area (Å²) in [5, 5.41) is 6.06. The third-order valence-electron chi connectivity index (χ3n) is 6.31. The summed E-state index contributed by atoms with van der Waals surface area (Å²) in [5.41, 5.74) is 4.72. The van der Waals surface area contributed by atoms with Gasteiger partial charge in [0.2, 0.25) is 5.91 Å². The van der Waals surface area contributed by atoms with Gasteiger partial charge < -0.3 is 19.9 Å². The first-order valence-corrected chi connectivity index (χ1v) is 11.7. The molecule has 0 saturated heterocycles. The highest BCUT2D eigenvalue weighted by atomic mass is 16.5. The molecule has 0 bridgehead atoms. The standard InChI is InChI=1S/C26H32N4O3/c1-18-8-10-19(11-9-18)16-27-26(32)22-14-21(29-25(31)20-6-4-3-5-7-20)15-23-24(22)30(17-28-23)12-13-33-2/h8-11,14-15,17,20H,3-7,12-13,16H2,1-2H3,(H,27,32)(H,29,31). The fourth-order valence-corrected chi connectivity index (χ4v) is 4.41. The number of methoxy groups -OCH3 is 1.